The number of benzene rings is 1. The number of aromatic nitrogens is 2. The molecule has 1 aliphatic carbocycles. The number of nitrogens with two attached hydrogens (primary N) is 1. The fourth-order valence-corrected chi connectivity index (χ4v) is 3.23. The maximum atomic E-state index is 6.38. The van der Waals surface area contributed by atoms with Gasteiger partial charge in [0.2, 0.25) is 0 Å². The Bertz CT molecular complexity index is 538. The van der Waals surface area contributed by atoms with Gasteiger partial charge >= 0.3 is 0 Å². The second-order valence-corrected chi connectivity index (χ2v) is 5.52. The molecule has 1 aliphatic rings. The molecule has 1 aromatic carbocycles. The zero-order valence-corrected chi connectivity index (χ0v) is 11.0. The van der Waals surface area contributed by atoms with Gasteiger partial charge in [-0.3, -0.25) is 4.68 Å². The Morgan fingerprint density at radius 1 is 1.33 bits per heavy atom. The number of hydrogen-bond acceptors (Lipinski definition) is 2. The molecule has 18 heavy (non-hydrogen) atoms. The molecule has 3 rings (SSSR count). The quantitative estimate of drug-likeness (QED) is 0.900. The van der Waals surface area contributed by atoms with Gasteiger partial charge in [-0.1, -0.05) is 43.9 Å². The molecule has 0 bridgehead atoms. The minimum Gasteiger partial charge on any atom is -0.323 e. The normalized spacial score (nSPS) is 18.6. The van der Waals surface area contributed by atoms with Gasteiger partial charge in [0, 0.05) is 18.5 Å². The molecule has 0 aliphatic heterocycles. The maximum Gasteiger partial charge on any atom is 0.0870 e. The fourth-order valence-electron chi connectivity index (χ4n) is 3.23. The molecule has 1 unspecified atom stereocenters. The van der Waals surface area contributed by atoms with Crippen molar-refractivity contribution in [2.45, 2.75) is 38.1 Å². The topological polar surface area (TPSA) is 43.8 Å². The summed E-state index contributed by atoms with van der Waals surface area (Å²) in [4.78, 5) is 0. The van der Waals surface area contributed by atoms with Crippen molar-refractivity contribution in [3.63, 3.8) is 0 Å². The highest BCUT2D eigenvalue weighted by molar-refractivity contribution is 5.82. The van der Waals surface area contributed by atoms with Crippen molar-refractivity contribution in [1.29, 1.82) is 0 Å². The van der Waals surface area contributed by atoms with Crippen LogP contribution >= 0.6 is 0 Å². The number of para-hydroxylation sites is 1. The molecule has 1 fully saturated rings. The zero-order chi connectivity index (χ0) is 12.5. The number of aryl methyl sites for hydroxylation is 1. The second-order valence-electron chi connectivity index (χ2n) is 5.52. The first-order valence-corrected chi connectivity index (χ1v) is 6.93. The average Bonchev–Trinajstić information content (AvgIpc) is 2.98. The van der Waals surface area contributed by atoms with Crippen LogP contribution in [0.25, 0.3) is 10.9 Å². The van der Waals surface area contributed by atoms with E-state index in [0.717, 1.165) is 18.0 Å². The predicted molar refractivity (Wildman–Crippen MR) is 74.2 cm³/mol. The van der Waals surface area contributed by atoms with Crippen LogP contribution in [-0.4, -0.2) is 9.78 Å². The van der Waals surface area contributed by atoms with Gasteiger partial charge in [0.1, 0.15) is 0 Å². The lowest BCUT2D eigenvalue weighted by atomic mass is 9.96. The highest BCUT2D eigenvalue weighted by Gasteiger charge is 2.22. The summed E-state index contributed by atoms with van der Waals surface area (Å²) < 4.78 is 1.94. The third kappa shape index (κ3) is 2.03. The molecule has 0 radical (unpaired) electrons. The van der Waals surface area contributed by atoms with Crippen LogP contribution in [0.15, 0.2) is 24.3 Å². The molecule has 3 heteroatoms. The SMILES string of the molecule is Cn1nc(C(N)CC2CCCC2)c2ccccc21. The second kappa shape index (κ2) is 4.73. The van der Waals surface area contributed by atoms with Crippen LogP contribution in [-0.2, 0) is 7.05 Å². The van der Waals surface area contributed by atoms with Gasteiger partial charge in [0.05, 0.1) is 11.2 Å². The number of fused-ring (bicyclic) bond motifs is 1. The van der Waals surface area contributed by atoms with Crippen LogP contribution in [0, 0.1) is 5.92 Å². The van der Waals surface area contributed by atoms with E-state index in [-0.39, 0.29) is 6.04 Å². The van der Waals surface area contributed by atoms with Crippen molar-refractivity contribution in [3.8, 4) is 0 Å². The van der Waals surface area contributed by atoms with E-state index in [0.29, 0.717) is 0 Å². The first kappa shape index (κ1) is 11.7. The lowest BCUT2D eigenvalue weighted by Gasteiger charge is -2.14. The minimum absolute atomic E-state index is 0.0826. The van der Waals surface area contributed by atoms with E-state index >= 15 is 0 Å². The van der Waals surface area contributed by atoms with Gasteiger partial charge < -0.3 is 5.73 Å². The van der Waals surface area contributed by atoms with Crippen LogP contribution in [0.2, 0.25) is 0 Å². The summed E-state index contributed by atoms with van der Waals surface area (Å²) in [7, 11) is 1.99. The standard InChI is InChI=1S/C15H21N3/c1-18-14-9-5-4-8-12(14)15(17-18)13(16)10-11-6-2-3-7-11/h4-5,8-9,11,13H,2-3,6-7,10,16H2,1H3. The molecule has 1 saturated carbocycles. The van der Waals surface area contributed by atoms with Crippen molar-refractivity contribution >= 4 is 10.9 Å². The highest BCUT2D eigenvalue weighted by Crippen LogP contribution is 2.33. The van der Waals surface area contributed by atoms with E-state index in [2.05, 4.69) is 29.4 Å². The van der Waals surface area contributed by atoms with Crippen LogP contribution < -0.4 is 5.73 Å². The van der Waals surface area contributed by atoms with Crippen LogP contribution in [0.1, 0.15) is 43.8 Å². The first-order valence-electron chi connectivity index (χ1n) is 6.93. The monoisotopic (exact) mass is 243 g/mol. The average molecular weight is 243 g/mol. The van der Waals surface area contributed by atoms with Crippen LogP contribution in [0.5, 0.6) is 0 Å². The van der Waals surface area contributed by atoms with Gasteiger partial charge in [0.15, 0.2) is 0 Å². The molecule has 0 saturated heterocycles. The van der Waals surface area contributed by atoms with E-state index < -0.39 is 0 Å². The van der Waals surface area contributed by atoms with Crippen molar-refractivity contribution in [2.75, 3.05) is 0 Å². The fraction of sp³-hybridized carbons (Fsp3) is 0.533. The number of hydrogen-bond donors (Lipinski definition) is 1. The largest absolute Gasteiger partial charge is 0.323 e. The third-order valence-corrected chi connectivity index (χ3v) is 4.20. The minimum atomic E-state index is 0.0826. The number of nitrogens with zero attached hydrogens (tertiary/aromatic N) is 2. The zero-order valence-electron chi connectivity index (χ0n) is 11.0. The Hall–Kier alpha value is -1.35. The lowest BCUT2D eigenvalue weighted by molar-refractivity contribution is 0.444. The van der Waals surface area contributed by atoms with E-state index in [1.807, 2.05) is 11.7 Å². The summed E-state index contributed by atoms with van der Waals surface area (Å²) in [6.07, 6.45) is 6.53. The Kier molecular flexibility index (Phi) is 3.08. The van der Waals surface area contributed by atoms with Crippen LogP contribution in [0.3, 0.4) is 0 Å². The summed E-state index contributed by atoms with van der Waals surface area (Å²) in [5.41, 5.74) is 8.62. The van der Waals surface area contributed by atoms with E-state index in [1.165, 1.54) is 36.6 Å². The summed E-state index contributed by atoms with van der Waals surface area (Å²) in [5, 5.41) is 5.84. The van der Waals surface area contributed by atoms with Gasteiger partial charge in [-0.2, -0.15) is 5.10 Å². The van der Waals surface area contributed by atoms with Crippen molar-refractivity contribution in [3.05, 3.63) is 30.0 Å². The molecule has 1 atom stereocenters. The Balaban J connectivity index is 1.88. The Morgan fingerprint density at radius 2 is 2.06 bits per heavy atom. The smallest absolute Gasteiger partial charge is 0.0870 e. The molecule has 2 aromatic rings. The van der Waals surface area contributed by atoms with Gasteiger partial charge in [-0.05, 0) is 18.4 Å². The maximum absolute atomic E-state index is 6.38. The molecule has 1 heterocycles. The summed E-state index contributed by atoms with van der Waals surface area (Å²) in [5.74, 6) is 0.806. The van der Waals surface area contributed by atoms with Gasteiger partial charge in [-0.25, -0.2) is 0 Å². The predicted octanol–water partition coefficient (Wildman–Crippen LogP) is 3.15. The Morgan fingerprint density at radius 3 is 2.83 bits per heavy atom. The summed E-state index contributed by atoms with van der Waals surface area (Å²) in [6.45, 7) is 0. The molecule has 96 valence electrons. The summed E-state index contributed by atoms with van der Waals surface area (Å²) in [6, 6.07) is 8.44. The molecule has 1 aromatic heterocycles. The third-order valence-electron chi connectivity index (χ3n) is 4.20. The van der Waals surface area contributed by atoms with E-state index in [1.54, 1.807) is 0 Å². The molecule has 0 amide bonds. The summed E-state index contributed by atoms with van der Waals surface area (Å²) >= 11 is 0. The number of rotatable bonds is 3. The van der Waals surface area contributed by atoms with Gasteiger partial charge in [0.25, 0.3) is 0 Å². The van der Waals surface area contributed by atoms with Crippen LogP contribution in [0.4, 0.5) is 0 Å². The van der Waals surface area contributed by atoms with Crippen molar-refractivity contribution in [1.82, 2.24) is 9.78 Å². The molecule has 3 nitrogen and oxygen atoms in total. The first-order chi connectivity index (χ1) is 8.75. The molecular weight excluding hydrogens is 222 g/mol. The lowest BCUT2D eigenvalue weighted by Crippen LogP contribution is -2.15. The van der Waals surface area contributed by atoms with Crippen molar-refractivity contribution in [2.24, 2.45) is 18.7 Å². The Labute approximate surface area is 108 Å². The van der Waals surface area contributed by atoms with Gasteiger partial charge in [-0.15, -0.1) is 0 Å². The molecule has 0 spiro atoms. The van der Waals surface area contributed by atoms with E-state index in [9.17, 15) is 0 Å². The van der Waals surface area contributed by atoms with Crippen molar-refractivity contribution < 1.29 is 0 Å². The van der Waals surface area contributed by atoms with E-state index in [4.69, 9.17) is 5.73 Å². The molecule has 2 N–H and O–H groups in total. The molecular formula is C15H21N3. The highest BCUT2D eigenvalue weighted by atomic mass is 15.3.